The van der Waals surface area contributed by atoms with Crippen LogP contribution in [0, 0.1) is 0 Å². The van der Waals surface area contributed by atoms with Crippen molar-refractivity contribution in [1.29, 1.82) is 0 Å². The lowest BCUT2D eigenvalue weighted by Gasteiger charge is -2.04. The van der Waals surface area contributed by atoms with Gasteiger partial charge in [-0.2, -0.15) is 0 Å². The van der Waals surface area contributed by atoms with Gasteiger partial charge in [0, 0.05) is 11.1 Å². The van der Waals surface area contributed by atoms with Gasteiger partial charge in [-0.3, -0.25) is 0 Å². The Hall–Kier alpha value is -1.16. The fraction of sp³-hybridized carbons (Fsp3) is 0.810. The van der Waals surface area contributed by atoms with E-state index in [9.17, 15) is 14.7 Å². The number of ether oxygens (including phenoxy) is 1. The molecule has 0 aromatic heterocycles. The Balaban J connectivity index is 1.84. The second-order valence-electron chi connectivity index (χ2n) is 7.41. The van der Waals surface area contributed by atoms with Gasteiger partial charge >= 0.3 is 11.9 Å². The summed E-state index contributed by atoms with van der Waals surface area (Å²) < 4.78 is 4.60. The van der Waals surface area contributed by atoms with Gasteiger partial charge < -0.3 is 9.84 Å². The summed E-state index contributed by atoms with van der Waals surface area (Å²) in [5.74, 6) is -0.906. The van der Waals surface area contributed by atoms with E-state index in [0.717, 1.165) is 25.7 Å². The van der Waals surface area contributed by atoms with Crippen LogP contribution >= 0.6 is 0 Å². The molecule has 0 saturated heterocycles. The van der Waals surface area contributed by atoms with Crippen LogP contribution < -0.4 is 0 Å². The third-order valence-electron chi connectivity index (χ3n) is 4.99. The molecule has 0 fully saturated rings. The van der Waals surface area contributed by atoms with E-state index < -0.39 is 11.9 Å². The highest BCUT2D eigenvalue weighted by Crippen LogP contribution is 2.22. The molecule has 0 bridgehead atoms. The molecular weight excluding hydrogens is 316 g/mol. The largest absolute Gasteiger partial charge is 0.393 e. The van der Waals surface area contributed by atoms with Crippen molar-refractivity contribution in [1.82, 2.24) is 0 Å². The lowest BCUT2D eigenvalue weighted by Crippen LogP contribution is -2.02. The van der Waals surface area contributed by atoms with Gasteiger partial charge in [-0.15, -0.1) is 0 Å². The van der Waals surface area contributed by atoms with Crippen molar-refractivity contribution in [3.63, 3.8) is 0 Å². The molecule has 1 heterocycles. The summed E-state index contributed by atoms with van der Waals surface area (Å²) in [7, 11) is 0. The van der Waals surface area contributed by atoms with Crippen LogP contribution in [-0.4, -0.2) is 23.1 Å². The lowest BCUT2D eigenvalue weighted by atomic mass is 10.0. The van der Waals surface area contributed by atoms with Gasteiger partial charge in [0.1, 0.15) is 0 Å². The number of aliphatic hydroxyl groups excluding tert-OH is 1. The van der Waals surface area contributed by atoms with Gasteiger partial charge in [0.2, 0.25) is 0 Å². The fourth-order valence-corrected chi connectivity index (χ4v) is 3.30. The van der Waals surface area contributed by atoms with Crippen LogP contribution in [0.1, 0.15) is 104 Å². The van der Waals surface area contributed by atoms with Crippen LogP contribution in [0.25, 0.3) is 0 Å². The molecule has 1 aliphatic heterocycles. The Bertz CT molecular complexity index is 437. The van der Waals surface area contributed by atoms with Crippen molar-refractivity contribution < 1.29 is 19.4 Å². The van der Waals surface area contributed by atoms with Crippen molar-refractivity contribution >= 4 is 11.9 Å². The highest BCUT2D eigenvalue weighted by Gasteiger charge is 2.28. The number of unbranched alkanes of at least 4 members (excludes halogenated alkanes) is 11. The molecule has 1 atom stereocenters. The summed E-state index contributed by atoms with van der Waals surface area (Å²) in [4.78, 5) is 22.7. The first-order valence-electron chi connectivity index (χ1n) is 10.2. The molecule has 4 heteroatoms. The molecule has 0 saturated carbocycles. The number of esters is 2. The second kappa shape index (κ2) is 13.1. The van der Waals surface area contributed by atoms with Crippen molar-refractivity contribution in [2.24, 2.45) is 0 Å². The Labute approximate surface area is 153 Å². The minimum atomic E-state index is -0.469. The SMILES string of the molecule is CC1=C(CCCCCCCCCCCCCC[C@H](C)O)C(=O)OC1=O. The Morgan fingerprint density at radius 1 is 0.760 bits per heavy atom. The fourth-order valence-electron chi connectivity index (χ4n) is 3.30. The first-order chi connectivity index (χ1) is 12.0. The zero-order valence-electron chi connectivity index (χ0n) is 16.1. The van der Waals surface area contributed by atoms with Crippen LogP contribution in [0.5, 0.6) is 0 Å². The Kier molecular flexibility index (Phi) is 11.5. The summed E-state index contributed by atoms with van der Waals surface area (Å²) in [6.45, 7) is 3.54. The zero-order valence-corrected chi connectivity index (χ0v) is 16.1. The highest BCUT2D eigenvalue weighted by molar-refractivity contribution is 6.11. The standard InChI is InChI=1S/C21H36O4/c1-17(22)15-13-11-9-7-5-3-4-6-8-10-12-14-16-19-18(2)20(23)25-21(19)24/h17,22H,3-16H2,1-2H3/t17-/m0/s1. The van der Waals surface area contributed by atoms with E-state index in [1.165, 1.54) is 57.8 Å². The molecule has 0 aromatic carbocycles. The van der Waals surface area contributed by atoms with Crippen LogP contribution in [0.15, 0.2) is 11.1 Å². The average molecular weight is 353 g/mol. The Morgan fingerprint density at radius 3 is 1.60 bits per heavy atom. The first kappa shape index (κ1) is 21.9. The smallest absolute Gasteiger partial charge is 0.342 e. The summed E-state index contributed by atoms with van der Waals surface area (Å²) in [6.07, 6.45) is 16.3. The zero-order chi connectivity index (χ0) is 18.5. The van der Waals surface area contributed by atoms with Gasteiger partial charge in [0.15, 0.2) is 0 Å². The molecule has 0 amide bonds. The van der Waals surface area contributed by atoms with Crippen LogP contribution in [0.4, 0.5) is 0 Å². The molecule has 1 rings (SSSR count). The van der Waals surface area contributed by atoms with Gasteiger partial charge in [0.05, 0.1) is 6.10 Å². The third-order valence-corrected chi connectivity index (χ3v) is 4.99. The topological polar surface area (TPSA) is 63.6 Å². The normalized spacial score (nSPS) is 15.8. The lowest BCUT2D eigenvalue weighted by molar-refractivity contribution is -0.151. The first-order valence-corrected chi connectivity index (χ1v) is 10.2. The van der Waals surface area contributed by atoms with E-state index in [1.807, 2.05) is 6.92 Å². The second-order valence-corrected chi connectivity index (χ2v) is 7.41. The predicted octanol–water partition coefficient (Wildman–Crippen LogP) is 5.23. The minimum absolute atomic E-state index is 0.143. The van der Waals surface area contributed by atoms with Gasteiger partial charge in [0.25, 0.3) is 0 Å². The van der Waals surface area contributed by atoms with Crippen LogP contribution in [-0.2, 0) is 14.3 Å². The Morgan fingerprint density at radius 2 is 1.20 bits per heavy atom. The molecule has 0 aliphatic carbocycles. The van der Waals surface area contributed by atoms with Crippen LogP contribution in [0.3, 0.4) is 0 Å². The molecular formula is C21H36O4. The maximum atomic E-state index is 11.5. The molecule has 1 aliphatic rings. The van der Waals surface area contributed by atoms with E-state index in [2.05, 4.69) is 4.74 Å². The van der Waals surface area contributed by atoms with E-state index in [-0.39, 0.29) is 6.10 Å². The molecule has 0 aromatic rings. The number of hydrogen-bond donors (Lipinski definition) is 1. The number of cyclic esters (lactones) is 2. The average Bonchev–Trinajstić information content (AvgIpc) is 2.80. The summed E-state index contributed by atoms with van der Waals surface area (Å²) >= 11 is 0. The summed E-state index contributed by atoms with van der Waals surface area (Å²) in [6, 6.07) is 0. The van der Waals surface area contributed by atoms with Crippen molar-refractivity contribution in [3.05, 3.63) is 11.1 Å². The molecule has 25 heavy (non-hydrogen) atoms. The third kappa shape index (κ3) is 9.78. The minimum Gasteiger partial charge on any atom is -0.393 e. The van der Waals surface area contributed by atoms with Crippen molar-refractivity contribution in [2.75, 3.05) is 0 Å². The molecule has 0 unspecified atom stereocenters. The number of rotatable bonds is 15. The molecule has 0 radical (unpaired) electrons. The molecule has 1 N–H and O–H groups in total. The maximum Gasteiger partial charge on any atom is 0.342 e. The monoisotopic (exact) mass is 352 g/mol. The summed E-state index contributed by atoms with van der Waals surface area (Å²) in [5.41, 5.74) is 1.08. The van der Waals surface area contributed by atoms with Gasteiger partial charge in [-0.1, -0.05) is 70.6 Å². The van der Waals surface area contributed by atoms with Crippen molar-refractivity contribution in [3.8, 4) is 0 Å². The molecule has 0 spiro atoms. The van der Waals surface area contributed by atoms with E-state index >= 15 is 0 Å². The van der Waals surface area contributed by atoms with E-state index in [0.29, 0.717) is 17.6 Å². The van der Waals surface area contributed by atoms with Crippen LogP contribution in [0.2, 0.25) is 0 Å². The number of hydrogen-bond acceptors (Lipinski definition) is 4. The summed E-state index contributed by atoms with van der Waals surface area (Å²) in [5, 5.41) is 9.18. The number of carbonyl (C=O) groups is 2. The number of aliphatic hydroxyl groups is 1. The van der Waals surface area contributed by atoms with E-state index in [1.54, 1.807) is 6.92 Å². The molecule has 144 valence electrons. The number of carbonyl (C=O) groups excluding carboxylic acids is 2. The predicted molar refractivity (Wildman–Crippen MR) is 100 cm³/mol. The highest BCUT2D eigenvalue weighted by atomic mass is 16.6. The quantitative estimate of drug-likeness (QED) is 0.249. The van der Waals surface area contributed by atoms with Crippen molar-refractivity contribution in [2.45, 2.75) is 110 Å². The van der Waals surface area contributed by atoms with Gasteiger partial charge in [-0.25, -0.2) is 9.59 Å². The molecule has 4 nitrogen and oxygen atoms in total. The van der Waals surface area contributed by atoms with E-state index in [4.69, 9.17) is 0 Å². The maximum absolute atomic E-state index is 11.5. The van der Waals surface area contributed by atoms with Gasteiger partial charge in [-0.05, 0) is 33.1 Å².